The molecule has 4 atom stereocenters. The molecule has 3 unspecified atom stereocenters. The van der Waals surface area contributed by atoms with Gasteiger partial charge in [-0.2, -0.15) is 0 Å². The van der Waals surface area contributed by atoms with Gasteiger partial charge in [0.15, 0.2) is 0 Å². The Morgan fingerprint density at radius 2 is 2.05 bits per heavy atom. The summed E-state index contributed by atoms with van der Waals surface area (Å²) in [6, 6.07) is 5.94. The van der Waals surface area contributed by atoms with Crippen LogP contribution >= 0.6 is 15.9 Å². The molecule has 0 saturated heterocycles. The van der Waals surface area contributed by atoms with Crippen molar-refractivity contribution in [2.24, 2.45) is 11.8 Å². The first-order valence-electron chi connectivity index (χ1n) is 7.16. The Bertz CT molecular complexity index is 488. The van der Waals surface area contributed by atoms with Crippen LogP contribution in [0, 0.1) is 11.8 Å². The lowest BCUT2D eigenvalue weighted by Gasteiger charge is -2.46. The van der Waals surface area contributed by atoms with Crippen LogP contribution < -0.4 is 4.74 Å². The molecule has 1 heterocycles. The average molecular weight is 325 g/mol. The third-order valence-electron chi connectivity index (χ3n) is 4.94. The summed E-state index contributed by atoms with van der Waals surface area (Å²) in [5.74, 6) is 2.29. The minimum atomic E-state index is -0.401. The largest absolute Gasteiger partial charge is 0.487 e. The number of hydrogen-bond acceptors (Lipinski definition) is 2. The van der Waals surface area contributed by atoms with Gasteiger partial charge in [0.2, 0.25) is 0 Å². The molecule has 3 rings (SSSR count). The fourth-order valence-corrected chi connectivity index (χ4v) is 3.93. The fourth-order valence-electron chi connectivity index (χ4n) is 3.55. The first-order valence-corrected chi connectivity index (χ1v) is 7.95. The Hall–Kier alpha value is -0.540. The van der Waals surface area contributed by atoms with Crippen molar-refractivity contribution >= 4 is 15.9 Å². The molecule has 1 aromatic rings. The van der Waals surface area contributed by atoms with E-state index in [2.05, 4.69) is 29.8 Å². The summed E-state index contributed by atoms with van der Waals surface area (Å²) in [6.07, 6.45) is 3.64. The van der Waals surface area contributed by atoms with Crippen molar-refractivity contribution in [3.63, 3.8) is 0 Å². The second-order valence-corrected chi connectivity index (χ2v) is 7.30. The maximum absolute atomic E-state index is 10.5. The molecule has 3 heteroatoms. The molecule has 0 amide bonds. The molecule has 1 aromatic carbocycles. The molecule has 2 aliphatic rings. The lowest BCUT2D eigenvalue weighted by molar-refractivity contribution is -0.0602. The van der Waals surface area contributed by atoms with Crippen LogP contribution in [0.4, 0.5) is 0 Å². The number of aliphatic hydroxyl groups is 1. The lowest BCUT2D eigenvalue weighted by Crippen LogP contribution is -2.46. The molecule has 1 saturated carbocycles. The van der Waals surface area contributed by atoms with E-state index in [4.69, 9.17) is 4.74 Å². The Morgan fingerprint density at radius 3 is 2.79 bits per heavy atom. The molecule has 0 radical (unpaired) electrons. The van der Waals surface area contributed by atoms with Crippen molar-refractivity contribution in [2.45, 2.75) is 51.2 Å². The van der Waals surface area contributed by atoms with Gasteiger partial charge in [-0.15, -0.1) is 0 Å². The number of rotatable bonds is 0. The normalized spacial score (nSPS) is 37.8. The maximum Gasteiger partial charge on any atom is 0.126 e. The van der Waals surface area contributed by atoms with Crippen LogP contribution in [0.5, 0.6) is 5.75 Å². The van der Waals surface area contributed by atoms with Crippen LogP contribution in [0.2, 0.25) is 0 Å². The Kier molecular flexibility index (Phi) is 3.38. The fraction of sp³-hybridized carbons (Fsp3) is 0.625. The Morgan fingerprint density at radius 1 is 1.26 bits per heavy atom. The van der Waals surface area contributed by atoms with Gasteiger partial charge in [-0.1, -0.05) is 29.8 Å². The summed E-state index contributed by atoms with van der Waals surface area (Å²) >= 11 is 3.46. The van der Waals surface area contributed by atoms with E-state index in [0.29, 0.717) is 5.92 Å². The Balaban J connectivity index is 1.90. The van der Waals surface area contributed by atoms with E-state index in [9.17, 15) is 5.11 Å². The van der Waals surface area contributed by atoms with E-state index in [0.717, 1.165) is 41.0 Å². The van der Waals surface area contributed by atoms with Crippen molar-refractivity contribution in [3.8, 4) is 5.75 Å². The molecule has 0 aromatic heterocycles. The molecule has 104 valence electrons. The monoisotopic (exact) mass is 324 g/mol. The minimum Gasteiger partial charge on any atom is -0.487 e. The van der Waals surface area contributed by atoms with Crippen LogP contribution in [0.3, 0.4) is 0 Å². The summed E-state index contributed by atoms with van der Waals surface area (Å²) in [5.41, 5.74) is 0.776. The quantitative estimate of drug-likeness (QED) is 0.763. The van der Waals surface area contributed by atoms with Crippen molar-refractivity contribution in [1.29, 1.82) is 0 Å². The molecule has 1 fully saturated rings. The van der Waals surface area contributed by atoms with Crippen LogP contribution in [0.25, 0.3) is 0 Å². The minimum absolute atomic E-state index is 0.147. The molecule has 1 spiro atoms. The van der Waals surface area contributed by atoms with E-state index >= 15 is 0 Å². The van der Waals surface area contributed by atoms with E-state index < -0.39 is 6.10 Å². The number of benzene rings is 1. The number of fused-ring (bicyclic) bond motifs is 1. The van der Waals surface area contributed by atoms with E-state index in [1.165, 1.54) is 6.42 Å². The van der Waals surface area contributed by atoms with Crippen LogP contribution in [-0.2, 0) is 0 Å². The molecular formula is C16H21BrO2. The molecular weight excluding hydrogens is 304 g/mol. The van der Waals surface area contributed by atoms with Gasteiger partial charge in [-0.25, -0.2) is 0 Å². The van der Waals surface area contributed by atoms with Gasteiger partial charge in [0, 0.05) is 16.5 Å². The van der Waals surface area contributed by atoms with Gasteiger partial charge >= 0.3 is 0 Å². The zero-order valence-corrected chi connectivity index (χ0v) is 13.1. The molecule has 1 N–H and O–H groups in total. The van der Waals surface area contributed by atoms with Gasteiger partial charge in [-0.3, -0.25) is 0 Å². The van der Waals surface area contributed by atoms with E-state index in [1.54, 1.807) is 0 Å². The van der Waals surface area contributed by atoms with Crippen molar-refractivity contribution < 1.29 is 9.84 Å². The van der Waals surface area contributed by atoms with E-state index in [1.807, 2.05) is 18.2 Å². The zero-order valence-electron chi connectivity index (χ0n) is 11.5. The second kappa shape index (κ2) is 4.78. The van der Waals surface area contributed by atoms with Crippen LogP contribution in [-0.4, -0.2) is 10.7 Å². The number of halogens is 1. The highest BCUT2D eigenvalue weighted by Gasteiger charge is 2.44. The van der Waals surface area contributed by atoms with Crippen LogP contribution in [0.15, 0.2) is 22.7 Å². The molecule has 1 aliphatic carbocycles. The zero-order chi connectivity index (χ0) is 13.6. The molecule has 19 heavy (non-hydrogen) atoms. The maximum atomic E-state index is 10.5. The summed E-state index contributed by atoms with van der Waals surface area (Å²) in [5, 5.41) is 10.5. The summed E-state index contributed by atoms with van der Waals surface area (Å²) in [6.45, 7) is 4.63. The first-order chi connectivity index (χ1) is 8.99. The van der Waals surface area contributed by atoms with Crippen molar-refractivity contribution in [1.82, 2.24) is 0 Å². The van der Waals surface area contributed by atoms with Gasteiger partial charge < -0.3 is 9.84 Å². The average Bonchev–Trinajstić information content (AvgIpc) is 2.36. The number of ether oxygens (including phenoxy) is 1. The SMILES string of the molecule is CC1CCC2(CC1C)C[C@H](O)c1cc(Br)ccc1O2. The summed E-state index contributed by atoms with van der Waals surface area (Å²) in [7, 11) is 0. The predicted octanol–water partition coefficient (Wildman–Crippen LogP) is 4.46. The number of aliphatic hydroxyl groups excluding tert-OH is 1. The highest BCUT2D eigenvalue weighted by atomic mass is 79.9. The van der Waals surface area contributed by atoms with Crippen molar-refractivity contribution in [3.05, 3.63) is 28.2 Å². The van der Waals surface area contributed by atoms with Gasteiger partial charge in [0.05, 0.1) is 6.10 Å². The topological polar surface area (TPSA) is 29.5 Å². The van der Waals surface area contributed by atoms with E-state index in [-0.39, 0.29) is 5.60 Å². The second-order valence-electron chi connectivity index (χ2n) is 6.38. The van der Waals surface area contributed by atoms with Crippen molar-refractivity contribution in [2.75, 3.05) is 0 Å². The third kappa shape index (κ3) is 2.43. The summed E-state index contributed by atoms with van der Waals surface area (Å²) < 4.78 is 7.32. The third-order valence-corrected chi connectivity index (χ3v) is 5.44. The molecule has 1 aliphatic heterocycles. The molecule has 0 bridgehead atoms. The molecule has 2 nitrogen and oxygen atoms in total. The highest BCUT2D eigenvalue weighted by Crippen LogP contribution is 2.49. The first kappa shape index (κ1) is 13.4. The lowest BCUT2D eigenvalue weighted by atomic mass is 9.70. The summed E-state index contributed by atoms with van der Waals surface area (Å²) in [4.78, 5) is 0. The van der Waals surface area contributed by atoms with Gasteiger partial charge in [0.25, 0.3) is 0 Å². The standard InChI is InChI=1S/C16H21BrO2/c1-10-5-6-16(8-11(10)2)9-14(18)13-7-12(17)3-4-15(13)19-16/h3-4,7,10-11,14,18H,5-6,8-9H2,1-2H3/t10?,11?,14-,16?/m0/s1. The highest BCUT2D eigenvalue weighted by molar-refractivity contribution is 9.10. The van der Waals surface area contributed by atoms with Crippen LogP contribution in [0.1, 0.15) is 51.2 Å². The number of hydrogen-bond donors (Lipinski definition) is 1. The Labute approximate surface area is 123 Å². The predicted molar refractivity (Wildman–Crippen MR) is 79.3 cm³/mol. The smallest absolute Gasteiger partial charge is 0.126 e. The van der Waals surface area contributed by atoms with Gasteiger partial charge in [-0.05, 0) is 49.3 Å². The van der Waals surface area contributed by atoms with Gasteiger partial charge in [0.1, 0.15) is 11.4 Å².